The molecule has 1 unspecified atom stereocenters. The fourth-order valence-electron chi connectivity index (χ4n) is 2.20. The summed E-state index contributed by atoms with van der Waals surface area (Å²) in [5.74, 6) is -0.733. The predicted molar refractivity (Wildman–Crippen MR) is 60.8 cm³/mol. The normalized spacial score (nSPS) is 29.6. The lowest BCUT2D eigenvalue weighted by Crippen LogP contribution is -2.48. The molecule has 0 aromatic rings. The van der Waals surface area contributed by atoms with Gasteiger partial charge in [-0.1, -0.05) is 6.42 Å². The molecule has 1 rings (SSSR count). The van der Waals surface area contributed by atoms with Crippen LogP contribution in [0.5, 0.6) is 0 Å². The van der Waals surface area contributed by atoms with E-state index in [0.29, 0.717) is 13.0 Å². The Balaban J connectivity index is 2.60. The third-order valence-corrected chi connectivity index (χ3v) is 2.96. The van der Waals surface area contributed by atoms with E-state index in [1.165, 1.54) is 0 Å². The lowest BCUT2D eigenvalue weighted by molar-refractivity contribution is -0.139. The molecule has 4 atom stereocenters. The molecule has 96 valence electrons. The standard InChI is InChI=1S/C11H18N2O4/c1-4-17-13-7(2)10-8(6-16-3)5-9(12-10)11(14)15/h1,7-10,12-13H,5-6H2,2-3H3,(H,14,15)/t7?,8-,9+,10-/m0/s1. The predicted octanol–water partition coefficient (Wildman–Crippen LogP) is -0.435. The van der Waals surface area contributed by atoms with Crippen molar-refractivity contribution >= 4 is 5.97 Å². The number of hydrogen-bond acceptors (Lipinski definition) is 5. The number of rotatable bonds is 6. The van der Waals surface area contributed by atoms with Crippen LogP contribution in [0.2, 0.25) is 0 Å². The fourth-order valence-corrected chi connectivity index (χ4v) is 2.20. The molecular weight excluding hydrogens is 224 g/mol. The van der Waals surface area contributed by atoms with Gasteiger partial charge in [0, 0.05) is 19.1 Å². The van der Waals surface area contributed by atoms with Gasteiger partial charge in [-0.15, -0.1) is 5.48 Å². The average molecular weight is 242 g/mol. The topological polar surface area (TPSA) is 79.8 Å². The second kappa shape index (κ2) is 6.45. The van der Waals surface area contributed by atoms with E-state index < -0.39 is 12.0 Å². The molecule has 0 aromatic heterocycles. The van der Waals surface area contributed by atoms with E-state index in [2.05, 4.69) is 15.6 Å². The number of carbonyl (C=O) groups is 1. The Kier molecular flexibility index (Phi) is 5.22. The van der Waals surface area contributed by atoms with Crippen LogP contribution < -0.4 is 10.8 Å². The van der Waals surface area contributed by atoms with Crippen LogP contribution in [0.3, 0.4) is 0 Å². The highest BCUT2D eigenvalue weighted by Gasteiger charge is 2.40. The van der Waals surface area contributed by atoms with E-state index in [4.69, 9.17) is 16.3 Å². The second-order valence-corrected chi connectivity index (χ2v) is 4.16. The zero-order valence-electron chi connectivity index (χ0n) is 9.97. The largest absolute Gasteiger partial charge is 0.480 e. The van der Waals surface area contributed by atoms with E-state index in [9.17, 15) is 4.79 Å². The molecule has 0 aromatic carbocycles. The van der Waals surface area contributed by atoms with Gasteiger partial charge < -0.3 is 14.7 Å². The molecule has 1 heterocycles. The number of methoxy groups -OCH3 is 1. The fraction of sp³-hybridized carbons (Fsp3) is 0.727. The molecule has 6 heteroatoms. The van der Waals surface area contributed by atoms with Crippen molar-refractivity contribution < 1.29 is 19.5 Å². The molecule has 0 saturated carbocycles. The lowest BCUT2D eigenvalue weighted by Gasteiger charge is -2.24. The molecule has 1 fully saturated rings. The number of hydroxylamine groups is 1. The number of nitrogens with one attached hydrogen (secondary N) is 2. The Hall–Kier alpha value is -1.29. The van der Waals surface area contributed by atoms with Crippen LogP contribution in [0.15, 0.2) is 0 Å². The maximum absolute atomic E-state index is 10.9. The summed E-state index contributed by atoms with van der Waals surface area (Å²) in [5, 5.41) is 12.0. The zero-order chi connectivity index (χ0) is 12.8. The summed E-state index contributed by atoms with van der Waals surface area (Å²) in [7, 11) is 1.60. The maximum Gasteiger partial charge on any atom is 0.320 e. The van der Waals surface area contributed by atoms with Crippen molar-refractivity contribution in [2.75, 3.05) is 13.7 Å². The molecule has 1 aliphatic rings. The number of ether oxygens (including phenoxy) is 1. The molecule has 17 heavy (non-hydrogen) atoms. The second-order valence-electron chi connectivity index (χ2n) is 4.16. The first-order chi connectivity index (χ1) is 8.10. The van der Waals surface area contributed by atoms with Crippen LogP contribution in [0.4, 0.5) is 0 Å². The van der Waals surface area contributed by atoms with E-state index in [-0.39, 0.29) is 18.0 Å². The molecule has 0 spiro atoms. The van der Waals surface area contributed by atoms with Crippen LogP contribution in [-0.2, 0) is 14.4 Å². The van der Waals surface area contributed by atoms with Crippen LogP contribution in [0.25, 0.3) is 0 Å². The monoisotopic (exact) mass is 242 g/mol. The molecule has 0 aliphatic carbocycles. The van der Waals surface area contributed by atoms with E-state index in [0.717, 1.165) is 0 Å². The highest BCUT2D eigenvalue weighted by molar-refractivity contribution is 5.74. The summed E-state index contributed by atoms with van der Waals surface area (Å²) in [5.41, 5.74) is 2.67. The first-order valence-electron chi connectivity index (χ1n) is 5.45. The van der Waals surface area contributed by atoms with Crippen molar-refractivity contribution in [3.63, 3.8) is 0 Å². The van der Waals surface area contributed by atoms with Crippen molar-refractivity contribution in [3.05, 3.63) is 0 Å². The Morgan fingerprint density at radius 2 is 2.47 bits per heavy atom. The summed E-state index contributed by atoms with van der Waals surface area (Å²) in [6, 6.07) is -0.699. The first kappa shape index (κ1) is 13.8. The van der Waals surface area contributed by atoms with Crippen molar-refractivity contribution in [2.45, 2.75) is 31.5 Å². The van der Waals surface area contributed by atoms with Gasteiger partial charge >= 0.3 is 5.97 Å². The smallest absolute Gasteiger partial charge is 0.320 e. The minimum atomic E-state index is -0.848. The third-order valence-electron chi connectivity index (χ3n) is 2.96. The highest BCUT2D eigenvalue weighted by Crippen LogP contribution is 2.23. The Morgan fingerprint density at radius 1 is 1.76 bits per heavy atom. The van der Waals surface area contributed by atoms with Crippen molar-refractivity contribution in [1.82, 2.24) is 10.8 Å². The van der Waals surface area contributed by atoms with Gasteiger partial charge in [-0.3, -0.25) is 10.1 Å². The van der Waals surface area contributed by atoms with Crippen molar-refractivity contribution in [1.29, 1.82) is 0 Å². The van der Waals surface area contributed by atoms with E-state index >= 15 is 0 Å². The minimum absolute atomic E-state index is 0.0515. The van der Waals surface area contributed by atoms with Crippen LogP contribution in [-0.4, -0.2) is 42.9 Å². The number of carboxylic acid groups (broad SMARTS) is 1. The van der Waals surface area contributed by atoms with Crippen LogP contribution in [0, 0.1) is 18.4 Å². The quantitative estimate of drug-likeness (QED) is 0.433. The zero-order valence-corrected chi connectivity index (χ0v) is 9.97. The summed E-state index contributed by atoms with van der Waals surface area (Å²) >= 11 is 0. The van der Waals surface area contributed by atoms with Gasteiger partial charge in [0.15, 0.2) is 0 Å². The first-order valence-corrected chi connectivity index (χ1v) is 5.45. The van der Waals surface area contributed by atoms with E-state index in [1.54, 1.807) is 7.11 Å². The molecule has 6 nitrogen and oxygen atoms in total. The van der Waals surface area contributed by atoms with Crippen molar-refractivity contribution in [2.24, 2.45) is 5.92 Å². The van der Waals surface area contributed by atoms with Gasteiger partial charge in [0.25, 0.3) is 0 Å². The lowest BCUT2D eigenvalue weighted by atomic mass is 9.95. The molecular formula is C11H18N2O4. The van der Waals surface area contributed by atoms with Gasteiger partial charge in [-0.25, -0.2) is 0 Å². The average Bonchev–Trinajstić information content (AvgIpc) is 2.70. The summed E-state index contributed by atoms with van der Waals surface area (Å²) in [6.07, 6.45) is 7.52. The molecule has 3 N–H and O–H groups in total. The molecule has 0 bridgehead atoms. The van der Waals surface area contributed by atoms with Crippen LogP contribution >= 0.6 is 0 Å². The summed E-state index contributed by atoms with van der Waals surface area (Å²) in [6.45, 7) is 2.38. The summed E-state index contributed by atoms with van der Waals surface area (Å²) in [4.78, 5) is 15.6. The minimum Gasteiger partial charge on any atom is -0.480 e. The van der Waals surface area contributed by atoms with Gasteiger partial charge in [0.05, 0.1) is 12.6 Å². The summed E-state index contributed by atoms with van der Waals surface area (Å²) < 4.78 is 5.10. The number of carboxylic acids is 1. The van der Waals surface area contributed by atoms with Gasteiger partial charge in [0.1, 0.15) is 12.1 Å². The van der Waals surface area contributed by atoms with Gasteiger partial charge in [-0.05, 0) is 13.3 Å². The Labute approximate surface area is 101 Å². The van der Waals surface area contributed by atoms with E-state index in [1.807, 2.05) is 13.0 Å². The SMILES string of the molecule is C#CONC(C)[C@@H]1N[C@@H](C(=O)O)C[C@H]1COC. The van der Waals surface area contributed by atoms with Crippen LogP contribution in [0.1, 0.15) is 13.3 Å². The number of hydrogen-bond donors (Lipinski definition) is 3. The van der Waals surface area contributed by atoms with Crippen molar-refractivity contribution in [3.8, 4) is 12.5 Å². The molecule has 1 saturated heterocycles. The maximum atomic E-state index is 10.9. The highest BCUT2D eigenvalue weighted by atomic mass is 16.6. The molecule has 1 aliphatic heterocycles. The van der Waals surface area contributed by atoms with Gasteiger partial charge in [0.2, 0.25) is 0 Å². The number of aliphatic carboxylic acids is 1. The molecule has 0 radical (unpaired) electrons. The Bertz CT molecular complexity index is 302. The third kappa shape index (κ3) is 3.60. The Morgan fingerprint density at radius 3 is 3.00 bits per heavy atom. The number of terminal acetylenes is 1. The van der Waals surface area contributed by atoms with Gasteiger partial charge in [-0.2, -0.15) is 0 Å². The molecule has 0 amide bonds.